The Hall–Kier alpha value is -1.63. The molecule has 2 N–H and O–H groups in total. The van der Waals surface area contributed by atoms with Gasteiger partial charge in [0, 0.05) is 13.1 Å². The molecule has 88 valence electrons. The molecule has 0 radical (unpaired) electrons. The van der Waals surface area contributed by atoms with Gasteiger partial charge in [0.05, 0.1) is 13.2 Å². The highest BCUT2D eigenvalue weighted by Gasteiger charge is 2.12. The number of morpholine rings is 1. The standard InChI is InChI=1S/C9H15N5O2/c1-7-12-8(16-13-7)6-11-9(10)14-2-4-15-5-3-14/h2-6H2,1H3,(H2,10,11). The van der Waals surface area contributed by atoms with Gasteiger partial charge in [0.1, 0.15) is 6.54 Å². The van der Waals surface area contributed by atoms with Crippen LogP contribution in [0.25, 0.3) is 0 Å². The van der Waals surface area contributed by atoms with Crippen molar-refractivity contribution < 1.29 is 9.26 Å². The maximum Gasteiger partial charge on any atom is 0.248 e. The lowest BCUT2D eigenvalue weighted by molar-refractivity contribution is 0.0674. The Balaban J connectivity index is 1.90. The number of rotatable bonds is 2. The van der Waals surface area contributed by atoms with Gasteiger partial charge >= 0.3 is 0 Å². The lowest BCUT2D eigenvalue weighted by Gasteiger charge is -2.27. The predicted octanol–water partition coefficient (Wildman–Crippen LogP) is -0.475. The second-order valence-electron chi connectivity index (χ2n) is 3.51. The largest absolute Gasteiger partial charge is 0.378 e. The zero-order valence-corrected chi connectivity index (χ0v) is 9.22. The Kier molecular flexibility index (Phi) is 3.35. The van der Waals surface area contributed by atoms with Gasteiger partial charge in [0.15, 0.2) is 11.8 Å². The summed E-state index contributed by atoms with van der Waals surface area (Å²) in [6.45, 7) is 5.02. The lowest BCUT2D eigenvalue weighted by atomic mass is 10.4. The summed E-state index contributed by atoms with van der Waals surface area (Å²) in [6, 6.07) is 0. The molecule has 0 unspecified atom stereocenters. The molecule has 16 heavy (non-hydrogen) atoms. The number of nitrogens with two attached hydrogens (primary N) is 1. The highest BCUT2D eigenvalue weighted by molar-refractivity contribution is 5.78. The molecular weight excluding hydrogens is 210 g/mol. The van der Waals surface area contributed by atoms with Crippen LogP contribution in [0.5, 0.6) is 0 Å². The van der Waals surface area contributed by atoms with Crippen molar-refractivity contribution in [3.05, 3.63) is 11.7 Å². The molecule has 0 aliphatic carbocycles. The first kappa shape index (κ1) is 10.9. The van der Waals surface area contributed by atoms with E-state index in [4.69, 9.17) is 15.0 Å². The molecule has 0 saturated carbocycles. The summed E-state index contributed by atoms with van der Waals surface area (Å²) < 4.78 is 10.2. The second kappa shape index (κ2) is 4.93. The Morgan fingerprint density at radius 1 is 1.50 bits per heavy atom. The highest BCUT2D eigenvalue weighted by Crippen LogP contribution is 2.00. The van der Waals surface area contributed by atoms with E-state index in [1.54, 1.807) is 6.92 Å². The van der Waals surface area contributed by atoms with Crippen LogP contribution in [-0.4, -0.2) is 47.3 Å². The van der Waals surface area contributed by atoms with Crippen LogP contribution in [0.2, 0.25) is 0 Å². The molecule has 1 aliphatic rings. The van der Waals surface area contributed by atoms with Crippen LogP contribution in [0, 0.1) is 6.92 Å². The van der Waals surface area contributed by atoms with E-state index in [9.17, 15) is 0 Å². The van der Waals surface area contributed by atoms with Gasteiger partial charge < -0.3 is 19.9 Å². The van der Waals surface area contributed by atoms with Gasteiger partial charge in [0.2, 0.25) is 5.89 Å². The van der Waals surface area contributed by atoms with Crippen molar-refractivity contribution in [3.63, 3.8) is 0 Å². The van der Waals surface area contributed by atoms with E-state index in [-0.39, 0.29) is 0 Å². The van der Waals surface area contributed by atoms with Crippen LogP contribution in [0.15, 0.2) is 9.52 Å². The van der Waals surface area contributed by atoms with Crippen LogP contribution in [-0.2, 0) is 11.3 Å². The number of nitrogens with zero attached hydrogens (tertiary/aromatic N) is 4. The van der Waals surface area contributed by atoms with Crippen molar-refractivity contribution in [2.24, 2.45) is 10.7 Å². The maximum absolute atomic E-state index is 5.83. The fraction of sp³-hybridized carbons (Fsp3) is 0.667. The average Bonchev–Trinajstić information content (AvgIpc) is 2.73. The minimum atomic E-state index is 0.323. The van der Waals surface area contributed by atoms with Crippen molar-refractivity contribution in [2.45, 2.75) is 13.5 Å². The van der Waals surface area contributed by atoms with Crippen LogP contribution >= 0.6 is 0 Å². The summed E-state index contributed by atoms with van der Waals surface area (Å²) >= 11 is 0. The van der Waals surface area contributed by atoms with Gasteiger partial charge in [-0.2, -0.15) is 4.98 Å². The summed E-state index contributed by atoms with van der Waals surface area (Å²) in [4.78, 5) is 10.2. The van der Waals surface area contributed by atoms with E-state index in [1.807, 2.05) is 4.90 Å². The van der Waals surface area contributed by atoms with E-state index < -0.39 is 0 Å². The first-order valence-corrected chi connectivity index (χ1v) is 5.17. The van der Waals surface area contributed by atoms with Crippen molar-refractivity contribution in [1.29, 1.82) is 0 Å². The van der Waals surface area contributed by atoms with E-state index >= 15 is 0 Å². The van der Waals surface area contributed by atoms with Crippen LogP contribution in [0.3, 0.4) is 0 Å². The lowest BCUT2D eigenvalue weighted by Crippen LogP contribution is -2.44. The van der Waals surface area contributed by atoms with Crippen molar-refractivity contribution in [2.75, 3.05) is 26.3 Å². The zero-order valence-electron chi connectivity index (χ0n) is 9.22. The van der Waals surface area contributed by atoms with E-state index in [0.717, 1.165) is 13.1 Å². The number of hydrogen-bond donors (Lipinski definition) is 1. The summed E-state index contributed by atoms with van der Waals surface area (Å²) in [5, 5.41) is 3.68. The average molecular weight is 225 g/mol. The van der Waals surface area contributed by atoms with Crippen LogP contribution in [0.1, 0.15) is 11.7 Å². The van der Waals surface area contributed by atoms with Crippen molar-refractivity contribution >= 4 is 5.96 Å². The molecule has 0 amide bonds. The molecule has 1 aromatic heterocycles. The fourth-order valence-electron chi connectivity index (χ4n) is 1.45. The molecule has 0 spiro atoms. The van der Waals surface area contributed by atoms with Gasteiger partial charge in [-0.15, -0.1) is 0 Å². The Labute approximate surface area is 93.3 Å². The Bertz CT molecular complexity index is 370. The molecular formula is C9H15N5O2. The molecule has 2 heterocycles. The summed E-state index contributed by atoms with van der Waals surface area (Å²) in [7, 11) is 0. The summed E-state index contributed by atoms with van der Waals surface area (Å²) in [6.07, 6.45) is 0. The van der Waals surface area contributed by atoms with Gasteiger partial charge in [-0.25, -0.2) is 4.99 Å². The molecule has 7 heteroatoms. The third kappa shape index (κ3) is 2.69. The summed E-state index contributed by atoms with van der Waals surface area (Å²) in [5.41, 5.74) is 5.83. The van der Waals surface area contributed by atoms with E-state index in [0.29, 0.717) is 37.4 Å². The van der Waals surface area contributed by atoms with Gasteiger partial charge in [-0.05, 0) is 6.92 Å². The topological polar surface area (TPSA) is 89.8 Å². The molecule has 0 atom stereocenters. The Morgan fingerprint density at radius 3 is 2.88 bits per heavy atom. The number of guanidine groups is 1. The number of aryl methyl sites for hydroxylation is 1. The number of hydrogen-bond acceptors (Lipinski definition) is 5. The molecule has 0 bridgehead atoms. The predicted molar refractivity (Wildman–Crippen MR) is 56.8 cm³/mol. The summed E-state index contributed by atoms with van der Waals surface area (Å²) in [5.74, 6) is 1.59. The van der Waals surface area contributed by atoms with Crippen molar-refractivity contribution in [1.82, 2.24) is 15.0 Å². The zero-order chi connectivity index (χ0) is 11.4. The SMILES string of the molecule is Cc1noc(CN=C(N)N2CCOCC2)n1. The molecule has 1 saturated heterocycles. The third-order valence-electron chi connectivity index (χ3n) is 2.28. The monoisotopic (exact) mass is 225 g/mol. The van der Waals surface area contributed by atoms with Crippen LogP contribution < -0.4 is 5.73 Å². The Morgan fingerprint density at radius 2 is 2.25 bits per heavy atom. The fourth-order valence-corrected chi connectivity index (χ4v) is 1.45. The minimum Gasteiger partial charge on any atom is -0.378 e. The molecule has 7 nitrogen and oxygen atoms in total. The second-order valence-corrected chi connectivity index (χ2v) is 3.51. The quantitative estimate of drug-likeness (QED) is 0.540. The number of aliphatic imine (C=N–C) groups is 1. The maximum atomic E-state index is 5.83. The number of aromatic nitrogens is 2. The first-order chi connectivity index (χ1) is 7.75. The minimum absolute atomic E-state index is 0.323. The van der Waals surface area contributed by atoms with Gasteiger partial charge in [-0.1, -0.05) is 5.16 Å². The van der Waals surface area contributed by atoms with E-state index in [1.165, 1.54) is 0 Å². The third-order valence-corrected chi connectivity index (χ3v) is 2.28. The highest BCUT2D eigenvalue weighted by atomic mass is 16.5. The van der Waals surface area contributed by atoms with Crippen molar-refractivity contribution in [3.8, 4) is 0 Å². The molecule has 2 rings (SSSR count). The molecule has 1 aliphatic heterocycles. The smallest absolute Gasteiger partial charge is 0.248 e. The van der Waals surface area contributed by atoms with Crippen LogP contribution in [0.4, 0.5) is 0 Å². The van der Waals surface area contributed by atoms with E-state index in [2.05, 4.69) is 15.1 Å². The van der Waals surface area contributed by atoms with Gasteiger partial charge in [-0.3, -0.25) is 0 Å². The molecule has 0 aromatic carbocycles. The number of ether oxygens (including phenoxy) is 1. The molecule has 1 aromatic rings. The first-order valence-electron chi connectivity index (χ1n) is 5.17. The normalized spacial score (nSPS) is 17.8. The molecule has 1 fully saturated rings. The van der Waals surface area contributed by atoms with Gasteiger partial charge in [0.25, 0.3) is 0 Å².